The molecule has 1 aliphatic heterocycles. The molecular formula is C23H24N2O4S. The molecule has 0 spiro atoms. The summed E-state index contributed by atoms with van der Waals surface area (Å²) in [7, 11) is 0. The highest BCUT2D eigenvalue weighted by atomic mass is 32.2. The Hall–Kier alpha value is -3.06. The second kappa shape index (κ2) is 9.63. The Balaban J connectivity index is 1.72. The van der Waals surface area contributed by atoms with Crippen LogP contribution in [-0.2, 0) is 9.59 Å². The topological polar surface area (TPSA) is 75.7 Å². The number of ether oxygens (including phenoxy) is 1. The Morgan fingerprint density at radius 3 is 2.70 bits per heavy atom. The number of hydrogen-bond acceptors (Lipinski definition) is 5. The number of thioether (sulfide) groups is 1. The first kappa shape index (κ1) is 21.6. The van der Waals surface area contributed by atoms with Crippen molar-refractivity contribution in [1.29, 1.82) is 0 Å². The monoisotopic (exact) mass is 424 g/mol. The minimum atomic E-state index is -0.484. The van der Waals surface area contributed by atoms with Crippen LogP contribution in [0.15, 0.2) is 53.4 Å². The maximum atomic E-state index is 12.7. The molecule has 3 amide bonds. The SMILES string of the molecule is CC[C@H](C)Oc1ccccc1/C=C1/SC(=O)N(CC(=O)Nc2cccc(C)c2)C1=O. The number of aryl methyl sites for hydroxylation is 1. The molecule has 1 N–H and O–H groups in total. The van der Waals surface area contributed by atoms with E-state index >= 15 is 0 Å². The molecule has 0 radical (unpaired) electrons. The molecule has 1 aliphatic rings. The van der Waals surface area contributed by atoms with E-state index in [9.17, 15) is 14.4 Å². The van der Waals surface area contributed by atoms with Gasteiger partial charge in [-0.1, -0.05) is 37.3 Å². The summed E-state index contributed by atoms with van der Waals surface area (Å²) in [5.41, 5.74) is 2.34. The number of amides is 3. The lowest BCUT2D eigenvalue weighted by molar-refractivity contribution is -0.127. The molecule has 1 saturated heterocycles. The van der Waals surface area contributed by atoms with Gasteiger partial charge in [-0.05, 0) is 61.9 Å². The van der Waals surface area contributed by atoms with Crippen LogP contribution < -0.4 is 10.1 Å². The Kier molecular flexibility index (Phi) is 6.95. The number of nitrogens with one attached hydrogen (secondary N) is 1. The summed E-state index contributed by atoms with van der Waals surface area (Å²) in [6.07, 6.45) is 2.52. The number of imide groups is 1. The first-order valence-electron chi connectivity index (χ1n) is 9.75. The van der Waals surface area contributed by atoms with E-state index in [0.29, 0.717) is 17.0 Å². The summed E-state index contributed by atoms with van der Waals surface area (Å²) in [5, 5.41) is 2.25. The fourth-order valence-electron chi connectivity index (χ4n) is 2.85. The third kappa shape index (κ3) is 5.30. The van der Waals surface area contributed by atoms with Crippen LogP contribution in [0.4, 0.5) is 10.5 Å². The van der Waals surface area contributed by atoms with Gasteiger partial charge in [0.1, 0.15) is 12.3 Å². The predicted molar refractivity (Wildman–Crippen MR) is 119 cm³/mol. The quantitative estimate of drug-likeness (QED) is 0.643. The maximum absolute atomic E-state index is 12.7. The third-order valence-corrected chi connectivity index (χ3v) is 5.49. The summed E-state index contributed by atoms with van der Waals surface area (Å²) in [5.74, 6) is -0.261. The molecule has 2 aromatic carbocycles. The first-order valence-corrected chi connectivity index (χ1v) is 10.6. The van der Waals surface area contributed by atoms with Crippen LogP contribution in [0, 0.1) is 6.92 Å². The number of anilines is 1. The molecule has 3 rings (SSSR count). The molecule has 6 nitrogen and oxygen atoms in total. The minimum absolute atomic E-state index is 0.0277. The zero-order chi connectivity index (χ0) is 21.7. The van der Waals surface area contributed by atoms with E-state index in [2.05, 4.69) is 5.32 Å². The van der Waals surface area contributed by atoms with Crippen molar-refractivity contribution in [3.63, 3.8) is 0 Å². The van der Waals surface area contributed by atoms with Crippen molar-refractivity contribution in [3.05, 3.63) is 64.6 Å². The molecule has 0 saturated carbocycles. The number of para-hydroxylation sites is 1. The van der Waals surface area contributed by atoms with Gasteiger partial charge in [0.25, 0.3) is 11.1 Å². The van der Waals surface area contributed by atoms with Gasteiger partial charge < -0.3 is 10.1 Å². The highest BCUT2D eigenvalue weighted by molar-refractivity contribution is 8.18. The second-order valence-electron chi connectivity index (χ2n) is 7.06. The molecule has 2 aromatic rings. The molecule has 1 heterocycles. The smallest absolute Gasteiger partial charge is 0.294 e. The van der Waals surface area contributed by atoms with Crippen molar-refractivity contribution in [3.8, 4) is 5.75 Å². The number of carbonyl (C=O) groups excluding carboxylic acids is 3. The predicted octanol–water partition coefficient (Wildman–Crippen LogP) is 4.85. The Morgan fingerprint density at radius 1 is 1.20 bits per heavy atom. The van der Waals surface area contributed by atoms with E-state index in [0.717, 1.165) is 28.6 Å². The standard InChI is InChI=1S/C23H24N2O4S/c1-4-16(3)29-19-11-6-5-9-17(19)13-20-22(27)25(23(28)30-20)14-21(26)24-18-10-7-8-15(2)12-18/h5-13,16H,4,14H2,1-3H3,(H,24,26)/b20-13+/t16-/m0/s1. The Labute approximate surface area is 180 Å². The lowest BCUT2D eigenvalue weighted by atomic mass is 10.1. The van der Waals surface area contributed by atoms with Crippen LogP contribution in [0.25, 0.3) is 6.08 Å². The van der Waals surface area contributed by atoms with Gasteiger partial charge in [-0.15, -0.1) is 0 Å². The molecule has 7 heteroatoms. The van der Waals surface area contributed by atoms with Crippen LogP contribution in [0.1, 0.15) is 31.4 Å². The van der Waals surface area contributed by atoms with E-state index in [1.165, 1.54) is 0 Å². The molecule has 0 aliphatic carbocycles. The van der Waals surface area contributed by atoms with Gasteiger partial charge in [0, 0.05) is 11.3 Å². The van der Waals surface area contributed by atoms with Gasteiger partial charge in [-0.25, -0.2) is 0 Å². The fourth-order valence-corrected chi connectivity index (χ4v) is 3.68. The number of nitrogens with zero attached hydrogens (tertiary/aromatic N) is 1. The van der Waals surface area contributed by atoms with Crippen molar-refractivity contribution in [2.24, 2.45) is 0 Å². The summed E-state index contributed by atoms with van der Waals surface area (Å²) in [6, 6.07) is 14.7. The largest absolute Gasteiger partial charge is 0.490 e. The molecule has 1 atom stereocenters. The average Bonchev–Trinajstić information content (AvgIpc) is 2.96. The highest BCUT2D eigenvalue weighted by Crippen LogP contribution is 2.34. The molecule has 1 fully saturated rings. The minimum Gasteiger partial charge on any atom is -0.490 e. The van der Waals surface area contributed by atoms with Crippen molar-refractivity contribution >= 4 is 40.6 Å². The van der Waals surface area contributed by atoms with Gasteiger partial charge >= 0.3 is 0 Å². The highest BCUT2D eigenvalue weighted by Gasteiger charge is 2.36. The van der Waals surface area contributed by atoms with Crippen LogP contribution in [0.3, 0.4) is 0 Å². The van der Waals surface area contributed by atoms with Crippen molar-refractivity contribution in [1.82, 2.24) is 4.90 Å². The van der Waals surface area contributed by atoms with E-state index < -0.39 is 17.1 Å². The Morgan fingerprint density at radius 2 is 1.97 bits per heavy atom. The van der Waals surface area contributed by atoms with Crippen LogP contribution in [0.2, 0.25) is 0 Å². The van der Waals surface area contributed by atoms with Crippen molar-refractivity contribution in [2.75, 3.05) is 11.9 Å². The van der Waals surface area contributed by atoms with Crippen LogP contribution in [0.5, 0.6) is 5.75 Å². The zero-order valence-corrected chi connectivity index (χ0v) is 18.0. The van der Waals surface area contributed by atoms with E-state index in [4.69, 9.17) is 4.74 Å². The van der Waals surface area contributed by atoms with Gasteiger partial charge in [0.2, 0.25) is 5.91 Å². The molecule has 0 unspecified atom stereocenters. The van der Waals surface area contributed by atoms with E-state index in [-0.39, 0.29) is 17.6 Å². The third-order valence-electron chi connectivity index (χ3n) is 4.59. The molecule has 0 bridgehead atoms. The first-order chi connectivity index (χ1) is 14.4. The van der Waals surface area contributed by atoms with Crippen molar-refractivity contribution in [2.45, 2.75) is 33.3 Å². The van der Waals surface area contributed by atoms with Gasteiger partial charge in [0.15, 0.2) is 0 Å². The van der Waals surface area contributed by atoms with E-state index in [1.807, 2.05) is 63.2 Å². The molecule has 156 valence electrons. The number of rotatable bonds is 7. The lowest BCUT2D eigenvalue weighted by Gasteiger charge is -2.15. The zero-order valence-electron chi connectivity index (χ0n) is 17.2. The van der Waals surface area contributed by atoms with Crippen LogP contribution in [-0.4, -0.2) is 34.6 Å². The number of carbonyl (C=O) groups is 3. The van der Waals surface area contributed by atoms with Gasteiger partial charge in [-0.3, -0.25) is 19.3 Å². The molecule has 30 heavy (non-hydrogen) atoms. The summed E-state index contributed by atoms with van der Waals surface area (Å²) >= 11 is 0.824. The van der Waals surface area contributed by atoms with Crippen LogP contribution >= 0.6 is 11.8 Å². The second-order valence-corrected chi connectivity index (χ2v) is 8.05. The molecule has 0 aromatic heterocycles. The maximum Gasteiger partial charge on any atom is 0.294 e. The summed E-state index contributed by atoms with van der Waals surface area (Å²) < 4.78 is 5.91. The Bertz CT molecular complexity index is 1000. The number of benzene rings is 2. The summed E-state index contributed by atoms with van der Waals surface area (Å²) in [6.45, 7) is 5.58. The lowest BCUT2D eigenvalue weighted by Crippen LogP contribution is -2.36. The van der Waals surface area contributed by atoms with Gasteiger partial charge in [0.05, 0.1) is 11.0 Å². The number of hydrogen-bond donors (Lipinski definition) is 1. The normalized spacial score (nSPS) is 16.1. The average molecular weight is 425 g/mol. The molecular weight excluding hydrogens is 400 g/mol. The van der Waals surface area contributed by atoms with Crippen molar-refractivity contribution < 1.29 is 19.1 Å². The van der Waals surface area contributed by atoms with Gasteiger partial charge in [-0.2, -0.15) is 0 Å². The fraction of sp³-hybridized carbons (Fsp3) is 0.261. The summed E-state index contributed by atoms with van der Waals surface area (Å²) in [4.78, 5) is 38.7. The van der Waals surface area contributed by atoms with E-state index in [1.54, 1.807) is 12.1 Å².